The Morgan fingerprint density at radius 1 is 0.892 bits per heavy atom. The third-order valence-corrected chi connectivity index (χ3v) is 3.24. The Labute approximate surface area is 228 Å². The van der Waals surface area contributed by atoms with Crippen molar-refractivity contribution < 1.29 is 28.7 Å². The van der Waals surface area contributed by atoms with Gasteiger partial charge in [-0.05, 0) is 18.8 Å². The molecule has 0 spiro atoms. The fourth-order valence-electron chi connectivity index (χ4n) is 1.83. The minimum absolute atomic E-state index is 0.0481. The highest BCUT2D eigenvalue weighted by atomic mass is 16.5. The number of aldehydes is 2. The van der Waals surface area contributed by atoms with Gasteiger partial charge in [-0.2, -0.15) is 0 Å². The Bertz CT molecular complexity index is 453. The van der Waals surface area contributed by atoms with Gasteiger partial charge in [0.2, 0.25) is 11.8 Å². The molecule has 1 unspecified atom stereocenters. The normalized spacial score (nSPS) is 10.3. The number of rotatable bonds is 15. The van der Waals surface area contributed by atoms with E-state index in [0.29, 0.717) is 51.4 Å². The predicted molar refractivity (Wildman–Crippen MR) is 155 cm³/mol. The molecule has 0 heterocycles. The number of nitrogens with two attached hydrogens (primary N) is 2. The number of nitrogens with one attached hydrogen (secondary N) is 2. The fraction of sp³-hybridized carbons (Fsp3) is 0.852. The monoisotopic (exact) mass is 538 g/mol. The second-order valence-corrected chi connectivity index (χ2v) is 7.03. The fourth-order valence-corrected chi connectivity index (χ4v) is 1.83. The van der Waals surface area contributed by atoms with Crippen molar-refractivity contribution in [1.29, 1.82) is 0 Å². The maximum atomic E-state index is 11.4. The third-order valence-electron chi connectivity index (χ3n) is 3.24. The molecule has 226 valence electrons. The maximum absolute atomic E-state index is 11.4. The summed E-state index contributed by atoms with van der Waals surface area (Å²) in [5, 5.41) is 4.96. The lowest BCUT2D eigenvalue weighted by Gasteiger charge is -2.14. The summed E-state index contributed by atoms with van der Waals surface area (Å²) in [7, 11) is 0. The third kappa shape index (κ3) is 51.6. The van der Waals surface area contributed by atoms with E-state index in [1.807, 2.05) is 62.3 Å². The molecule has 0 aromatic heterocycles. The van der Waals surface area contributed by atoms with E-state index in [0.717, 1.165) is 6.29 Å². The molecule has 0 aliphatic heterocycles. The standard InChI is InChI=1S/C12H24N2O4.C6H12N2O2.C3H8.3C2H6/c1-10(2)7-11(8-15)14-12(16)9-18-6-5-17-4-3-13;1-2-5(7)6(10)8-3-4-9;1-3-2;3*1-2/h8,10-11H,3-7,9,13H2,1-2H3,(H,14,16);4-5H,2-3,7H2,1H3,(H,8,10);3H2,1-2H3;3*1-2H3/t11-;;;;;/m0...../s1. The predicted octanol–water partition coefficient (Wildman–Crippen LogP) is 3.24. The largest absolute Gasteiger partial charge is 0.378 e. The second-order valence-electron chi connectivity index (χ2n) is 7.03. The van der Waals surface area contributed by atoms with Crippen LogP contribution >= 0.6 is 0 Å². The Balaban J connectivity index is -0.000000106. The van der Waals surface area contributed by atoms with E-state index in [1.54, 1.807) is 0 Å². The summed E-state index contributed by atoms with van der Waals surface area (Å²) < 4.78 is 10.2. The summed E-state index contributed by atoms with van der Waals surface area (Å²) in [6, 6.07) is -0.922. The Morgan fingerprint density at radius 2 is 1.38 bits per heavy atom. The molecule has 10 heteroatoms. The van der Waals surface area contributed by atoms with Crippen LogP contribution in [-0.2, 0) is 28.7 Å². The molecule has 0 saturated carbocycles. The van der Waals surface area contributed by atoms with Gasteiger partial charge in [0, 0.05) is 6.54 Å². The molecule has 37 heavy (non-hydrogen) atoms. The van der Waals surface area contributed by atoms with E-state index in [-0.39, 0.29) is 25.0 Å². The van der Waals surface area contributed by atoms with Gasteiger partial charge < -0.3 is 41.2 Å². The molecule has 0 aliphatic rings. The number of carbonyl (C=O) groups excluding carboxylic acids is 4. The molecule has 0 aliphatic carbocycles. The highest BCUT2D eigenvalue weighted by molar-refractivity contribution is 5.83. The van der Waals surface area contributed by atoms with E-state index in [2.05, 4.69) is 24.5 Å². The van der Waals surface area contributed by atoms with Gasteiger partial charge in [-0.1, -0.05) is 82.6 Å². The van der Waals surface area contributed by atoms with Crippen molar-refractivity contribution in [1.82, 2.24) is 10.6 Å². The summed E-state index contributed by atoms with van der Waals surface area (Å²) in [4.78, 5) is 42.7. The molecule has 0 fully saturated rings. The van der Waals surface area contributed by atoms with Crippen LogP contribution in [-0.4, -0.2) is 76.0 Å². The summed E-state index contributed by atoms with van der Waals surface area (Å²) in [5.41, 5.74) is 10.6. The van der Waals surface area contributed by atoms with Crippen LogP contribution in [0.4, 0.5) is 0 Å². The van der Waals surface area contributed by atoms with Crippen LogP contribution in [0.5, 0.6) is 0 Å². The van der Waals surface area contributed by atoms with Gasteiger partial charge in [0.15, 0.2) is 0 Å². The Hall–Kier alpha value is -1.88. The Kier molecular flexibility index (Phi) is 61.7. The summed E-state index contributed by atoms with van der Waals surface area (Å²) in [6.45, 7) is 23.7. The van der Waals surface area contributed by atoms with Gasteiger partial charge in [-0.25, -0.2) is 0 Å². The van der Waals surface area contributed by atoms with Crippen LogP contribution in [0.15, 0.2) is 0 Å². The summed E-state index contributed by atoms with van der Waals surface area (Å²) in [6.07, 6.45) is 3.85. The van der Waals surface area contributed by atoms with Crippen molar-refractivity contribution in [2.24, 2.45) is 17.4 Å². The Morgan fingerprint density at radius 3 is 1.76 bits per heavy atom. The van der Waals surface area contributed by atoms with Gasteiger partial charge >= 0.3 is 0 Å². The zero-order valence-corrected chi connectivity index (χ0v) is 25.9. The topological polar surface area (TPSA) is 163 Å². The molecule has 0 aromatic rings. The summed E-state index contributed by atoms with van der Waals surface area (Å²) >= 11 is 0. The van der Waals surface area contributed by atoms with Crippen LogP contribution in [0.3, 0.4) is 0 Å². The molecule has 6 N–H and O–H groups in total. The van der Waals surface area contributed by atoms with Crippen molar-refractivity contribution in [2.75, 3.05) is 39.5 Å². The first kappa shape index (κ1) is 48.2. The smallest absolute Gasteiger partial charge is 0.246 e. The van der Waals surface area contributed by atoms with Crippen LogP contribution in [0.25, 0.3) is 0 Å². The van der Waals surface area contributed by atoms with Crippen molar-refractivity contribution in [2.45, 2.75) is 108 Å². The van der Waals surface area contributed by atoms with Gasteiger partial charge in [0.25, 0.3) is 0 Å². The zero-order chi connectivity index (χ0) is 30.5. The number of carbonyl (C=O) groups is 4. The van der Waals surface area contributed by atoms with Crippen molar-refractivity contribution >= 4 is 24.4 Å². The van der Waals surface area contributed by atoms with Crippen LogP contribution < -0.4 is 22.1 Å². The quantitative estimate of drug-likeness (QED) is 0.182. The number of amides is 2. The van der Waals surface area contributed by atoms with E-state index in [9.17, 15) is 19.2 Å². The first-order chi connectivity index (χ1) is 17.7. The van der Waals surface area contributed by atoms with E-state index >= 15 is 0 Å². The van der Waals surface area contributed by atoms with Crippen LogP contribution in [0.1, 0.15) is 95.4 Å². The lowest BCUT2D eigenvalue weighted by Crippen LogP contribution is -2.40. The highest BCUT2D eigenvalue weighted by Crippen LogP contribution is 2.02. The van der Waals surface area contributed by atoms with Crippen LogP contribution in [0.2, 0.25) is 0 Å². The van der Waals surface area contributed by atoms with Crippen molar-refractivity contribution in [3.8, 4) is 0 Å². The lowest BCUT2D eigenvalue weighted by molar-refractivity contribution is -0.128. The summed E-state index contributed by atoms with van der Waals surface area (Å²) in [5.74, 6) is -0.202. The second kappa shape index (κ2) is 47.3. The van der Waals surface area contributed by atoms with Crippen molar-refractivity contribution in [3.05, 3.63) is 0 Å². The van der Waals surface area contributed by atoms with E-state index < -0.39 is 12.1 Å². The first-order valence-corrected chi connectivity index (χ1v) is 13.8. The molecule has 0 bridgehead atoms. The number of hydrogen-bond acceptors (Lipinski definition) is 8. The molecule has 0 saturated heterocycles. The minimum Gasteiger partial charge on any atom is -0.378 e. The minimum atomic E-state index is -0.486. The van der Waals surface area contributed by atoms with Gasteiger partial charge in [-0.15, -0.1) is 0 Å². The lowest BCUT2D eigenvalue weighted by atomic mass is 10.1. The van der Waals surface area contributed by atoms with E-state index in [1.165, 1.54) is 6.42 Å². The van der Waals surface area contributed by atoms with Gasteiger partial charge in [-0.3, -0.25) is 9.59 Å². The zero-order valence-electron chi connectivity index (χ0n) is 25.9. The molecule has 0 radical (unpaired) electrons. The molecule has 2 atom stereocenters. The number of ether oxygens (including phenoxy) is 2. The molecule has 0 rings (SSSR count). The highest BCUT2D eigenvalue weighted by Gasteiger charge is 2.12. The van der Waals surface area contributed by atoms with Crippen molar-refractivity contribution in [3.63, 3.8) is 0 Å². The molecule has 2 amide bonds. The first-order valence-electron chi connectivity index (χ1n) is 13.8. The molecular weight excluding hydrogens is 476 g/mol. The molecule has 10 nitrogen and oxygen atoms in total. The number of hydrogen-bond donors (Lipinski definition) is 4. The maximum Gasteiger partial charge on any atom is 0.246 e. The van der Waals surface area contributed by atoms with Gasteiger partial charge in [0.05, 0.1) is 38.4 Å². The van der Waals surface area contributed by atoms with E-state index in [4.69, 9.17) is 20.9 Å². The SMILES string of the molecule is CC.CC.CC.CC(C)C[C@@H](C=O)NC(=O)COCCOCCN.CCC.CCC(N)C(=O)NCC=O. The molecular formula is C27H62N4O6. The van der Waals surface area contributed by atoms with Gasteiger partial charge in [0.1, 0.15) is 19.2 Å². The molecule has 0 aromatic carbocycles. The average molecular weight is 539 g/mol. The average Bonchev–Trinajstić information content (AvgIpc) is 2.92. The van der Waals surface area contributed by atoms with Crippen LogP contribution in [0, 0.1) is 5.92 Å².